The summed E-state index contributed by atoms with van der Waals surface area (Å²) < 4.78 is 1.89. The lowest BCUT2D eigenvalue weighted by molar-refractivity contribution is -0.136. The Kier molecular flexibility index (Phi) is 6.01. The lowest BCUT2D eigenvalue weighted by Crippen LogP contribution is -2.48. The number of aliphatic hydroxyl groups is 2. The molecule has 2 aromatic heterocycles. The molecule has 36 heavy (non-hydrogen) atoms. The molecule has 1 aromatic carbocycles. The number of likely N-dealkylation sites (tertiary alicyclic amines) is 1. The molecular weight excluding hydrogens is 454 g/mol. The number of aromatic nitrogens is 3. The topological polar surface area (TPSA) is 94.7 Å². The van der Waals surface area contributed by atoms with Gasteiger partial charge < -0.3 is 20.0 Å². The largest absolute Gasteiger partial charge is 0.391 e. The number of nitrogens with zero attached hydrogens (tertiary/aromatic N) is 5. The summed E-state index contributed by atoms with van der Waals surface area (Å²) in [6.45, 7) is 2.72. The van der Waals surface area contributed by atoms with E-state index in [2.05, 4.69) is 33.2 Å². The van der Waals surface area contributed by atoms with E-state index in [-0.39, 0.29) is 17.9 Å². The molecule has 8 heteroatoms. The normalized spacial score (nSPS) is 21.7. The molecule has 6 rings (SSSR count). The highest BCUT2D eigenvalue weighted by atomic mass is 16.3. The van der Waals surface area contributed by atoms with Crippen LogP contribution in [0.1, 0.15) is 37.8 Å². The fraction of sp³-hybridized carbons (Fsp3) is 0.464. The number of benzene rings is 1. The Morgan fingerprint density at radius 3 is 2.36 bits per heavy atom. The van der Waals surface area contributed by atoms with Crippen LogP contribution in [-0.2, 0) is 11.2 Å². The third kappa shape index (κ3) is 4.75. The van der Waals surface area contributed by atoms with Gasteiger partial charge in [-0.25, -0.2) is 9.67 Å². The predicted octanol–water partition coefficient (Wildman–Crippen LogP) is 2.81. The highest BCUT2D eigenvalue weighted by Gasteiger charge is 2.39. The monoisotopic (exact) mass is 487 g/mol. The van der Waals surface area contributed by atoms with Gasteiger partial charge in [0.05, 0.1) is 17.4 Å². The minimum Gasteiger partial charge on any atom is -0.391 e. The number of anilines is 1. The van der Waals surface area contributed by atoms with Crippen molar-refractivity contribution in [2.45, 2.75) is 50.2 Å². The van der Waals surface area contributed by atoms with Crippen molar-refractivity contribution in [3.8, 4) is 16.8 Å². The molecule has 3 aliphatic rings. The summed E-state index contributed by atoms with van der Waals surface area (Å²) in [4.78, 5) is 21.0. The highest BCUT2D eigenvalue weighted by Crippen LogP contribution is 2.34. The first-order chi connectivity index (χ1) is 17.5. The molecule has 188 valence electrons. The number of hydrogen-bond donors (Lipinski definition) is 2. The number of piperidine rings is 1. The van der Waals surface area contributed by atoms with Crippen LogP contribution in [0, 0.1) is 5.92 Å². The van der Waals surface area contributed by atoms with Crippen molar-refractivity contribution in [2.24, 2.45) is 5.92 Å². The van der Waals surface area contributed by atoms with E-state index < -0.39 is 5.60 Å². The van der Waals surface area contributed by atoms with E-state index in [0.717, 1.165) is 54.1 Å². The Morgan fingerprint density at radius 2 is 1.72 bits per heavy atom. The summed E-state index contributed by atoms with van der Waals surface area (Å²) in [6.07, 6.45) is 7.90. The van der Waals surface area contributed by atoms with Gasteiger partial charge in [-0.15, -0.1) is 0 Å². The van der Waals surface area contributed by atoms with Crippen LogP contribution in [0.15, 0.2) is 54.9 Å². The van der Waals surface area contributed by atoms with Crippen LogP contribution in [-0.4, -0.2) is 73.7 Å². The molecule has 4 heterocycles. The molecule has 2 N–H and O–H groups in total. The predicted molar refractivity (Wildman–Crippen MR) is 137 cm³/mol. The van der Waals surface area contributed by atoms with Gasteiger partial charge in [0, 0.05) is 62.2 Å². The second-order valence-electron chi connectivity index (χ2n) is 10.6. The zero-order chi connectivity index (χ0) is 24.7. The maximum atomic E-state index is 12.4. The van der Waals surface area contributed by atoms with Crippen LogP contribution in [0.2, 0.25) is 0 Å². The van der Waals surface area contributed by atoms with E-state index in [0.29, 0.717) is 38.9 Å². The number of rotatable bonds is 6. The second kappa shape index (κ2) is 9.33. The molecule has 1 amide bonds. The Bertz CT molecular complexity index is 1210. The lowest BCUT2D eigenvalue weighted by atomic mass is 9.86. The van der Waals surface area contributed by atoms with Gasteiger partial charge in [-0.3, -0.25) is 4.79 Å². The van der Waals surface area contributed by atoms with Crippen molar-refractivity contribution in [1.82, 2.24) is 19.7 Å². The van der Waals surface area contributed by atoms with Crippen molar-refractivity contribution in [3.05, 3.63) is 60.6 Å². The first-order valence-electron chi connectivity index (χ1n) is 13.0. The van der Waals surface area contributed by atoms with Crippen molar-refractivity contribution >= 4 is 11.7 Å². The molecule has 0 bridgehead atoms. The van der Waals surface area contributed by atoms with Gasteiger partial charge in [0.1, 0.15) is 5.82 Å². The Balaban J connectivity index is 1.12. The summed E-state index contributed by atoms with van der Waals surface area (Å²) in [5.41, 5.74) is 3.19. The van der Waals surface area contributed by atoms with Crippen LogP contribution < -0.4 is 4.90 Å². The smallest absolute Gasteiger partial charge is 0.225 e. The van der Waals surface area contributed by atoms with Gasteiger partial charge in [0.25, 0.3) is 0 Å². The molecule has 1 atom stereocenters. The first kappa shape index (κ1) is 23.2. The number of amides is 1. The molecule has 1 aliphatic carbocycles. The van der Waals surface area contributed by atoms with Crippen molar-refractivity contribution in [1.29, 1.82) is 0 Å². The first-order valence-corrected chi connectivity index (χ1v) is 13.0. The van der Waals surface area contributed by atoms with Gasteiger partial charge >= 0.3 is 0 Å². The van der Waals surface area contributed by atoms with E-state index in [1.54, 1.807) is 6.20 Å². The number of β-amino-alcohol motifs (C(OH)–C–C–N with tert-alkyl or cyclic N) is 1. The molecule has 2 aliphatic heterocycles. The number of aliphatic hydroxyl groups excluding tert-OH is 1. The Labute approximate surface area is 211 Å². The lowest BCUT2D eigenvalue weighted by Gasteiger charge is -2.38. The maximum Gasteiger partial charge on any atom is 0.225 e. The van der Waals surface area contributed by atoms with Crippen molar-refractivity contribution in [2.75, 3.05) is 31.1 Å². The van der Waals surface area contributed by atoms with Gasteiger partial charge in [-0.1, -0.05) is 12.1 Å². The van der Waals surface area contributed by atoms with Crippen LogP contribution >= 0.6 is 0 Å². The fourth-order valence-corrected chi connectivity index (χ4v) is 5.43. The van der Waals surface area contributed by atoms with Gasteiger partial charge in [0.2, 0.25) is 5.91 Å². The SMILES string of the molecule is O=C(C1CC1)N1CCC(O)(Cc2ccnn2-c2ccc(-c3ccc(N4CCC(O)C4)nc3)cc2)CC1. The third-order valence-electron chi connectivity index (χ3n) is 7.84. The van der Waals surface area contributed by atoms with E-state index in [1.165, 1.54) is 0 Å². The fourth-order valence-electron chi connectivity index (χ4n) is 5.43. The summed E-state index contributed by atoms with van der Waals surface area (Å²) >= 11 is 0. The molecule has 8 nitrogen and oxygen atoms in total. The van der Waals surface area contributed by atoms with Gasteiger partial charge in [0.15, 0.2) is 0 Å². The zero-order valence-corrected chi connectivity index (χ0v) is 20.5. The molecule has 3 aromatic rings. The highest BCUT2D eigenvalue weighted by molar-refractivity contribution is 5.81. The average Bonchev–Trinajstić information content (AvgIpc) is 3.51. The minimum atomic E-state index is -0.823. The average molecular weight is 488 g/mol. The van der Waals surface area contributed by atoms with Crippen LogP contribution in [0.4, 0.5) is 5.82 Å². The summed E-state index contributed by atoms with van der Waals surface area (Å²) in [5, 5.41) is 25.6. The third-order valence-corrected chi connectivity index (χ3v) is 7.84. The van der Waals surface area contributed by atoms with E-state index >= 15 is 0 Å². The number of hydrogen-bond acceptors (Lipinski definition) is 6. The molecule has 0 radical (unpaired) electrons. The summed E-state index contributed by atoms with van der Waals surface area (Å²) in [7, 11) is 0. The van der Waals surface area contributed by atoms with Crippen LogP contribution in [0.5, 0.6) is 0 Å². The molecular formula is C28H33N5O3. The molecule has 2 saturated heterocycles. The zero-order valence-electron chi connectivity index (χ0n) is 20.5. The quantitative estimate of drug-likeness (QED) is 0.555. The molecule has 1 saturated carbocycles. The Hall–Kier alpha value is -3.23. The van der Waals surface area contributed by atoms with Crippen LogP contribution in [0.25, 0.3) is 16.8 Å². The Morgan fingerprint density at radius 1 is 0.972 bits per heavy atom. The van der Waals surface area contributed by atoms with Gasteiger partial charge in [-0.2, -0.15) is 5.10 Å². The number of carbonyl (C=O) groups excluding carboxylic acids is 1. The minimum absolute atomic E-state index is 0.230. The second-order valence-corrected chi connectivity index (χ2v) is 10.6. The van der Waals surface area contributed by atoms with E-state index in [9.17, 15) is 15.0 Å². The standard InChI is InChI=1S/C28H33N5O3/c34-25-10-14-32(19-25)26-8-5-22(18-29-26)20-3-6-23(7-4-20)33-24(9-13-30-33)17-28(36)11-15-31(16-12-28)27(35)21-1-2-21/h3-9,13,18,21,25,34,36H,1-2,10-12,14-17,19H2. The maximum absolute atomic E-state index is 12.4. The molecule has 3 fully saturated rings. The summed E-state index contributed by atoms with van der Waals surface area (Å²) in [5.74, 6) is 1.39. The van der Waals surface area contributed by atoms with E-state index in [4.69, 9.17) is 0 Å². The van der Waals surface area contributed by atoms with Crippen molar-refractivity contribution in [3.63, 3.8) is 0 Å². The number of carbonyl (C=O) groups is 1. The van der Waals surface area contributed by atoms with Crippen molar-refractivity contribution < 1.29 is 15.0 Å². The molecule has 0 spiro atoms. The summed E-state index contributed by atoms with van der Waals surface area (Å²) in [6, 6.07) is 14.2. The number of pyridine rings is 1. The van der Waals surface area contributed by atoms with E-state index in [1.807, 2.05) is 40.0 Å². The van der Waals surface area contributed by atoms with Crippen LogP contribution in [0.3, 0.4) is 0 Å². The molecule has 1 unspecified atom stereocenters. The van der Waals surface area contributed by atoms with Gasteiger partial charge in [-0.05, 0) is 68.0 Å².